The Morgan fingerprint density at radius 3 is 2.69 bits per heavy atom. The molecule has 3 nitrogen and oxygen atoms in total. The first-order chi connectivity index (χ1) is 7.50. The van der Waals surface area contributed by atoms with Crippen molar-refractivity contribution in [2.24, 2.45) is 0 Å². The minimum atomic E-state index is -0.730. The molecule has 0 spiro atoms. The van der Waals surface area contributed by atoms with E-state index in [4.69, 9.17) is 4.74 Å². The number of carbonyl (C=O) groups excluding carboxylic acids is 1. The zero-order valence-electron chi connectivity index (χ0n) is 9.36. The fourth-order valence-corrected chi connectivity index (χ4v) is 1.84. The Hall–Kier alpha value is -1.61. The van der Waals surface area contributed by atoms with Crippen molar-refractivity contribution in [3.8, 4) is 5.75 Å². The summed E-state index contributed by atoms with van der Waals surface area (Å²) in [4.78, 5) is 11.2. The quantitative estimate of drug-likeness (QED) is 0.611. The number of rotatable bonds is 2. The fourth-order valence-electron chi connectivity index (χ4n) is 1.84. The van der Waals surface area contributed by atoms with Gasteiger partial charge in [0, 0.05) is 11.1 Å². The Morgan fingerprint density at radius 1 is 1.44 bits per heavy atom. The average molecular weight is 218 g/mol. The molecule has 2 atom stereocenters. The van der Waals surface area contributed by atoms with Crippen LogP contribution in [0.4, 0.5) is 0 Å². The topological polar surface area (TPSA) is 46.5 Å². The van der Waals surface area contributed by atoms with Crippen molar-refractivity contribution in [2.45, 2.75) is 26.1 Å². The first-order valence-electron chi connectivity index (χ1n) is 5.15. The first-order valence-corrected chi connectivity index (χ1v) is 5.15. The summed E-state index contributed by atoms with van der Waals surface area (Å²) in [5.41, 5.74) is 2.03. The van der Waals surface area contributed by atoms with Crippen molar-refractivity contribution in [3.63, 3.8) is 0 Å². The van der Waals surface area contributed by atoms with Crippen LogP contribution in [0.5, 0.6) is 5.75 Å². The molecule has 1 heterocycles. The Balaban J connectivity index is 2.41. The highest BCUT2D eigenvalue weighted by Gasteiger charge is 2.33. The fraction of sp³-hybridized carbons (Fsp3) is 0.308. The molecule has 1 aromatic carbocycles. The summed E-state index contributed by atoms with van der Waals surface area (Å²) in [7, 11) is 0. The van der Waals surface area contributed by atoms with Crippen LogP contribution in [0.3, 0.4) is 0 Å². The minimum Gasteiger partial charge on any atom is -0.483 e. The number of ketones is 1. The molecule has 0 saturated carbocycles. The highest BCUT2D eigenvalue weighted by molar-refractivity contribution is 5.94. The number of hydrogen-bond acceptors (Lipinski definition) is 3. The van der Waals surface area contributed by atoms with Crippen molar-refractivity contribution < 1.29 is 14.6 Å². The van der Waals surface area contributed by atoms with E-state index in [0.717, 1.165) is 5.57 Å². The van der Waals surface area contributed by atoms with Gasteiger partial charge in [-0.25, -0.2) is 0 Å². The summed E-state index contributed by atoms with van der Waals surface area (Å²) in [6.07, 6.45) is -1.14. The van der Waals surface area contributed by atoms with Gasteiger partial charge in [0.1, 0.15) is 18.0 Å². The van der Waals surface area contributed by atoms with Crippen LogP contribution in [0.25, 0.3) is 0 Å². The normalized spacial score (nSPS) is 22.4. The highest BCUT2D eigenvalue weighted by Crippen LogP contribution is 2.39. The lowest BCUT2D eigenvalue weighted by atomic mass is 10.00. The number of fused-ring (bicyclic) bond motifs is 1. The molecule has 0 amide bonds. The molecule has 1 N–H and O–H groups in total. The maximum Gasteiger partial charge on any atom is 0.159 e. The lowest BCUT2D eigenvalue weighted by Gasteiger charge is -2.13. The van der Waals surface area contributed by atoms with Gasteiger partial charge in [-0.15, -0.1) is 0 Å². The molecule has 1 aliphatic heterocycles. The molecule has 84 valence electrons. The van der Waals surface area contributed by atoms with Crippen LogP contribution in [0.2, 0.25) is 0 Å². The molecule has 3 heteroatoms. The summed E-state index contributed by atoms with van der Waals surface area (Å²) in [5, 5.41) is 10.0. The minimum absolute atomic E-state index is 0.0197. The smallest absolute Gasteiger partial charge is 0.159 e. The average Bonchev–Trinajstić information content (AvgIpc) is 2.56. The van der Waals surface area contributed by atoms with Crippen molar-refractivity contribution in [3.05, 3.63) is 41.5 Å². The first kappa shape index (κ1) is 10.9. The number of aliphatic hydroxyl groups is 1. The van der Waals surface area contributed by atoms with Gasteiger partial charge in [-0.3, -0.25) is 4.79 Å². The Labute approximate surface area is 94.4 Å². The van der Waals surface area contributed by atoms with Crippen molar-refractivity contribution in [2.75, 3.05) is 0 Å². The maximum absolute atomic E-state index is 11.2. The van der Waals surface area contributed by atoms with E-state index in [-0.39, 0.29) is 5.78 Å². The van der Waals surface area contributed by atoms with Crippen LogP contribution < -0.4 is 4.74 Å². The van der Waals surface area contributed by atoms with Gasteiger partial charge in [-0.05, 0) is 37.6 Å². The van der Waals surface area contributed by atoms with Gasteiger partial charge in [0.15, 0.2) is 5.78 Å². The second-order valence-corrected chi connectivity index (χ2v) is 4.14. The van der Waals surface area contributed by atoms with Crippen LogP contribution in [0, 0.1) is 0 Å². The van der Waals surface area contributed by atoms with Crippen LogP contribution in [0.1, 0.15) is 35.9 Å². The molecule has 0 bridgehead atoms. The predicted octanol–water partition coefficient (Wildman–Crippen LogP) is 2.26. The van der Waals surface area contributed by atoms with Crippen molar-refractivity contribution in [1.29, 1.82) is 0 Å². The van der Waals surface area contributed by atoms with E-state index in [1.165, 1.54) is 6.92 Å². The van der Waals surface area contributed by atoms with Crippen molar-refractivity contribution in [1.82, 2.24) is 0 Å². The number of carbonyl (C=O) groups is 1. The van der Waals surface area contributed by atoms with E-state index in [1.807, 2.05) is 6.92 Å². The lowest BCUT2D eigenvalue weighted by Crippen LogP contribution is -2.19. The summed E-state index contributed by atoms with van der Waals surface area (Å²) < 4.78 is 5.55. The zero-order valence-corrected chi connectivity index (χ0v) is 9.36. The molecule has 16 heavy (non-hydrogen) atoms. The van der Waals surface area contributed by atoms with Crippen LogP contribution in [-0.4, -0.2) is 17.0 Å². The molecular formula is C13H14O3. The number of hydrogen-bond donors (Lipinski definition) is 1. The van der Waals surface area contributed by atoms with Crippen LogP contribution in [0.15, 0.2) is 30.4 Å². The third-order valence-electron chi connectivity index (χ3n) is 2.76. The van der Waals surface area contributed by atoms with E-state index in [2.05, 4.69) is 6.58 Å². The molecule has 0 aromatic heterocycles. The monoisotopic (exact) mass is 218 g/mol. The van der Waals surface area contributed by atoms with Gasteiger partial charge in [-0.2, -0.15) is 0 Å². The van der Waals surface area contributed by atoms with Crippen LogP contribution >= 0.6 is 0 Å². The third-order valence-corrected chi connectivity index (χ3v) is 2.76. The lowest BCUT2D eigenvalue weighted by molar-refractivity contribution is 0.0900. The standard InChI is InChI=1S/C13H14O3/c1-7(2)13-12(15)10-6-9(8(3)14)4-5-11(10)16-13/h4-6,12-13,15H,1H2,2-3H3/t12-,13+/m1/s1. The van der Waals surface area contributed by atoms with Gasteiger partial charge in [0.25, 0.3) is 0 Å². The number of aliphatic hydroxyl groups excluding tert-OH is 1. The molecule has 0 fully saturated rings. The summed E-state index contributed by atoms with van der Waals surface area (Å²) >= 11 is 0. The molecule has 0 radical (unpaired) electrons. The zero-order chi connectivity index (χ0) is 11.9. The van der Waals surface area contributed by atoms with E-state index >= 15 is 0 Å². The van der Waals surface area contributed by atoms with E-state index < -0.39 is 12.2 Å². The molecule has 0 unspecified atom stereocenters. The molecule has 2 rings (SSSR count). The largest absolute Gasteiger partial charge is 0.483 e. The molecule has 1 aromatic rings. The summed E-state index contributed by atoms with van der Waals surface area (Å²) in [6, 6.07) is 5.11. The summed E-state index contributed by atoms with van der Waals surface area (Å²) in [5.74, 6) is 0.610. The molecule has 1 aliphatic rings. The Bertz CT molecular complexity index is 462. The third kappa shape index (κ3) is 1.63. The van der Waals surface area contributed by atoms with Gasteiger partial charge in [-0.1, -0.05) is 6.58 Å². The van der Waals surface area contributed by atoms with Gasteiger partial charge >= 0.3 is 0 Å². The number of Topliss-reactive ketones (excluding diaryl/α,β-unsaturated/α-hetero) is 1. The van der Waals surface area contributed by atoms with E-state index in [1.54, 1.807) is 18.2 Å². The maximum atomic E-state index is 11.2. The second kappa shape index (κ2) is 3.76. The second-order valence-electron chi connectivity index (χ2n) is 4.14. The predicted molar refractivity (Wildman–Crippen MR) is 60.6 cm³/mol. The van der Waals surface area contributed by atoms with E-state index in [9.17, 15) is 9.90 Å². The summed E-state index contributed by atoms with van der Waals surface area (Å²) in [6.45, 7) is 7.09. The molecular weight excluding hydrogens is 204 g/mol. The van der Waals surface area contributed by atoms with E-state index in [0.29, 0.717) is 16.9 Å². The highest BCUT2D eigenvalue weighted by atomic mass is 16.5. The Kier molecular flexibility index (Phi) is 2.56. The van der Waals surface area contributed by atoms with Gasteiger partial charge in [0.05, 0.1) is 0 Å². The van der Waals surface area contributed by atoms with Crippen molar-refractivity contribution >= 4 is 5.78 Å². The SMILES string of the molecule is C=C(C)[C@@H]1Oc2ccc(C(C)=O)cc2[C@H]1O. The van der Waals surface area contributed by atoms with Gasteiger partial charge in [0.2, 0.25) is 0 Å². The molecule has 0 aliphatic carbocycles. The van der Waals surface area contributed by atoms with Gasteiger partial charge < -0.3 is 9.84 Å². The van der Waals surface area contributed by atoms with Crippen LogP contribution in [-0.2, 0) is 0 Å². The number of benzene rings is 1. The number of ether oxygens (including phenoxy) is 1. The molecule has 0 saturated heterocycles. The Morgan fingerprint density at radius 2 is 2.12 bits per heavy atom.